The maximum atomic E-state index is 5.55. The summed E-state index contributed by atoms with van der Waals surface area (Å²) in [5, 5.41) is 0. The van der Waals surface area contributed by atoms with Crippen molar-refractivity contribution in [2.75, 3.05) is 13.7 Å². The van der Waals surface area contributed by atoms with E-state index >= 15 is 0 Å². The van der Waals surface area contributed by atoms with Gasteiger partial charge in [0.15, 0.2) is 0 Å². The summed E-state index contributed by atoms with van der Waals surface area (Å²) < 4.78 is 5.32. The van der Waals surface area contributed by atoms with Gasteiger partial charge in [0.25, 0.3) is 0 Å². The number of hydrogen-bond acceptors (Lipinski definition) is 2. The summed E-state index contributed by atoms with van der Waals surface area (Å²) in [5.41, 5.74) is 9.57. The summed E-state index contributed by atoms with van der Waals surface area (Å²) >= 11 is 0. The van der Waals surface area contributed by atoms with E-state index in [0.29, 0.717) is 5.92 Å². The number of rotatable bonds is 5. The van der Waals surface area contributed by atoms with Crippen LogP contribution in [0, 0.1) is 13.8 Å². The first-order chi connectivity index (χ1) is 7.61. The first-order valence-corrected chi connectivity index (χ1v) is 5.96. The Bertz CT molecular complexity index is 347. The van der Waals surface area contributed by atoms with Crippen LogP contribution in [0.15, 0.2) is 12.1 Å². The van der Waals surface area contributed by atoms with Crippen LogP contribution in [-0.4, -0.2) is 13.7 Å². The fourth-order valence-electron chi connectivity index (χ4n) is 2.15. The number of hydrogen-bond donors (Lipinski definition) is 1. The van der Waals surface area contributed by atoms with Gasteiger partial charge >= 0.3 is 0 Å². The highest BCUT2D eigenvalue weighted by Crippen LogP contribution is 2.30. The highest BCUT2D eigenvalue weighted by Gasteiger charge is 2.11. The smallest absolute Gasteiger partial charge is 0.122 e. The predicted octanol–water partition coefficient (Wildman–Crippen LogP) is 3.15. The van der Waals surface area contributed by atoms with Crippen molar-refractivity contribution in [3.8, 4) is 5.75 Å². The van der Waals surface area contributed by atoms with Crippen LogP contribution >= 0.6 is 0 Å². The summed E-state index contributed by atoms with van der Waals surface area (Å²) in [6.07, 6.45) is 2.24. The van der Waals surface area contributed by atoms with Gasteiger partial charge in [-0.15, -0.1) is 0 Å². The van der Waals surface area contributed by atoms with Crippen molar-refractivity contribution < 1.29 is 4.74 Å². The molecule has 1 rings (SSSR count). The van der Waals surface area contributed by atoms with Crippen molar-refractivity contribution in [1.29, 1.82) is 0 Å². The molecule has 0 bridgehead atoms. The number of ether oxygens (including phenoxy) is 1. The minimum absolute atomic E-state index is 0.577. The maximum Gasteiger partial charge on any atom is 0.122 e. The van der Waals surface area contributed by atoms with Crippen LogP contribution in [-0.2, 0) is 0 Å². The lowest BCUT2D eigenvalue weighted by Gasteiger charge is -2.17. The zero-order valence-electron chi connectivity index (χ0n) is 10.8. The molecule has 0 saturated carbocycles. The molecule has 1 unspecified atom stereocenters. The highest BCUT2D eigenvalue weighted by molar-refractivity contribution is 5.44. The minimum atomic E-state index is 0.577. The topological polar surface area (TPSA) is 35.2 Å². The molecule has 0 saturated heterocycles. The second kappa shape index (κ2) is 5.90. The average molecular weight is 221 g/mol. The van der Waals surface area contributed by atoms with Crippen molar-refractivity contribution >= 4 is 0 Å². The van der Waals surface area contributed by atoms with Crippen LogP contribution in [0.5, 0.6) is 5.75 Å². The van der Waals surface area contributed by atoms with Crippen molar-refractivity contribution in [2.45, 2.75) is 39.5 Å². The Labute approximate surface area is 98.8 Å². The number of benzene rings is 1. The van der Waals surface area contributed by atoms with E-state index < -0.39 is 0 Å². The Morgan fingerprint density at radius 3 is 2.50 bits per heavy atom. The molecule has 0 heterocycles. The zero-order chi connectivity index (χ0) is 12.1. The van der Waals surface area contributed by atoms with Crippen LogP contribution in [0.2, 0.25) is 0 Å². The lowest BCUT2D eigenvalue weighted by molar-refractivity contribution is 0.411. The number of nitrogens with two attached hydrogens (primary N) is 1. The van der Waals surface area contributed by atoms with Crippen molar-refractivity contribution in [2.24, 2.45) is 5.73 Å². The second-order valence-corrected chi connectivity index (χ2v) is 4.44. The Morgan fingerprint density at radius 2 is 1.94 bits per heavy atom. The summed E-state index contributed by atoms with van der Waals surface area (Å²) in [5.74, 6) is 1.56. The van der Waals surface area contributed by atoms with E-state index in [1.165, 1.54) is 16.7 Å². The molecule has 0 fully saturated rings. The molecule has 16 heavy (non-hydrogen) atoms. The summed E-state index contributed by atoms with van der Waals surface area (Å²) in [6, 6.07) is 4.25. The fraction of sp³-hybridized carbons (Fsp3) is 0.571. The molecule has 1 atom stereocenters. The molecule has 0 amide bonds. The van der Waals surface area contributed by atoms with Crippen LogP contribution in [0.1, 0.15) is 42.4 Å². The predicted molar refractivity (Wildman–Crippen MR) is 69.2 cm³/mol. The van der Waals surface area contributed by atoms with Gasteiger partial charge in [-0.25, -0.2) is 0 Å². The Balaban J connectivity index is 2.93. The first-order valence-electron chi connectivity index (χ1n) is 5.96. The van der Waals surface area contributed by atoms with Crippen molar-refractivity contribution in [1.82, 2.24) is 0 Å². The fourth-order valence-corrected chi connectivity index (χ4v) is 2.15. The van der Waals surface area contributed by atoms with E-state index in [0.717, 1.165) is 25.1 Å². The Hall–Kier alpha value is -1.02. The lowest BCUT2D eigenvalue weighted by Crippen LogP contribution is -2.04. The van der Waals surface area contributed by atoms with Gasteiger partial charge < -0.3 is 10.5 Å². The van der Waals surface area contributed by atoms with Gasteiger partial charge in [0.2, 0.25) is 0 Å². The quantitative estimate of drug-likeness (QED) is 0.829. The molecule has 0 aliphatic heterocycles. The van der Waals surface area contributed by atoms with Crippen LogP contribution in [0.3, 0.4) is 0 Å². The number of methoxy groups -OCH3 is 1. The molecule has 90 valence electrons. The SMILES string of the molecule is COc1ccc(C(C)CCCN)c(C)c1C. The normalized spacial score (nSPS) is 12.6. The Kier molecular flexibility index (Phi) is 4.81. The third kappa shape index (κ3) is 2.76. The van der Waals surface area contributed by atoms with E-state index in [1.54, 1.807) is 7.11 Å². The average Bonchev–Trinajstić information content (AvgIpc) is 2.29. The van der Waals surface area contributed by atoms with Gasteiger partial charge in [-0.05, 0) is 61.9 Å². The first kappa shape index (κ1) is 13.0. The summed E-state index contributed by atoms with van der Waals surface area (Å²) in [7, 11) is 1.72. The standard InChI is InChI=1S/C14H23NO/c1-10(6-5-9-15)13-7-8-14(16-4)12(3)11(13)2/h7-8,10H,5-6,9,15H2,1-4H3. The molecule has 1 aromatic carbocycles. The zero-order valence-corrected chi connectivity index (χ0v) is 10.8. The molecule has 0 aliphatic rings. The minimum Gasteiger partial charge on any atom is -0.496 e. The molecule has 2 N–H and O–H groups in total. The van der Waals surface area contributed by atoms with Crippen LogP contribution in [0.25, 0.3) is 0 Å². The maximum absolute atomic E-state index is 5.55. The second-order valence-electron chi connectivity index (χ2n) is 4.44. The molecule has 1 aromatic rings. The Morgan fingerprint density at radius 1 is 1.25 bits per heavy atom. The van der Waals surface area contributed by atoms with E-state index in [1.807, 2.05) is 0 Å². The van der Waals surface area contributed by atoms with Gasteiger partial charge in [0, 0.05) is 0 Å². The molecule has 0 radical (unpaired) electrons. The van der Waals surface area contributed by atoms with Gasteiger partial charge in [-0.3, -0.25) is 0 Å². The molecule has 2 nitrogen and oxygen atoms in total. The van der Waals surface area contributed by atoms with Crippen molar-refractivity contribution in [3.05, 3.63) is 28.8 Å². The van der Waals surface area contributed by atoms with Gasteiger partial charge in [-0.1, -0.05) is 13.0 Å². The van der Waals surface area contributed by atoms with Gasteiger partial charge in [0.1, 0.15) is 5.75 Å². The molecular weight excluding hydrogens is 198 g/mol. The largest absolute Gasteiger partial charge is 0.496 e. The van der Waals surface area contributed by atoms with E-state index in [2.05, 4.69) is 32.9 Å². The molecule has 0 aliphatic carbocycles. The van der Waals surface area contributed by atoms with E-state index in [-0.39, 0.29) is 0 Å². The third-order valence-electron chi connectivity index (χ3n) is 3.37. The lowest BCUT2D eigenvalue weighted by atomic mass is 9.90. The molecule has 0 spiro atoms. The molecular formula is C14H23NO. The van der Waals surface area contributed by atoms with E-state index in [9.17, 15) is 0 Å². The third-order valence-corrected chi connectivity index (χ3v) is 3.37. The molecule has 2 heteroatoms. The van der Waals surface area contributed by atoms with Gasteiger partial charge in [-0.2, -0.15) is 0 Å². The van der Waals surface area contributed by atoms with Crippen molar-refractivity contribution in [3.63, 3.8) is 0 Å². The van der Waals surface area contributed by atoms with E-state index in [4.69, 9.17) is 10.5 Å². The summed E-state index contributed by atoms with van der Waals surface area (Å²) in [4.78, 5) is 0. The monoisotopic (exact) mass is 221 g/mol. The van der Waals surface area contributed by atoms with Crippen LogP contribution in [0.4, 0.5) is 0 Å². The highest BCUT2D eigenvalue weighted by atomic mass is 16.5. The van der Waals surface area contributed by atoms with Gasteiger partial charge in [0.05, 0.1) is 7.11 Å². The molecule has 0 aromatic heterocycles. The van der Waals surface area contributed by atoms with Crippen LogP contribution < -0.4 is 10.5 Å². The summed E-state index contributed by atoms with van der Waals surface area (Å²) in [6.45, 7) is 7.34.